The molecular formula is C28H34OSi2. The third-order valence-corrected chi connectivity index (χ3v) is 9.98. The molecule has 0 aliphatic rings. The van der Waals surface area contributed by atoms with Crippen LogP contribution in [0.4, 0.5) is 0 Å². The first-order valence-corrected chi connectivity index (χ1v) is 17.1. The van der Waals surface area contributed by atoms with E-state index in [1.807, 2.05) is 0 Å². The van der Waals surface area contributed by atoms with E-state index in [4.69, 9.17) is 4.43 Å². The van der Waals surface area contributed by atoms with Gasteiger partial charge in [0.25, 0.3) is 8.32 Å². The summed E-state index contributed by atoms with van der Waals surface area (Å²) in [7, 11) is -3.81. The maximum absolute atomic E-state index is 7.18. The molecule has 0 aliphatic carbocycles. The molecule has 1 nitrogen and oxygen atoms in total. The highest BCUT2D eigenvalue weighted by Gasteiger charge is 2.37. The highest BCUT2D eigenvalue weighted by molar-refractivity contribution is 6.96. The first-order valence-electron chi connectivity index (χ1n) is 11.1. The molecule has 3 aromatic rings. The van der Waals surface area contributed by atoms with Crippen molar-refractivity contribution in [1.29, 1.82) is 0 Å². The van der Waals surface area contributed by atoms with Gasteiger partial charge in [-0.15, -0.1) is 11.5 Å². The van der Waals surface area contributed by atoms with Gasteiger partial charge in [-0.1, -0.05) is 118 Å². The highest BCUT2D eigenvalue weighted by atomic mass is 28.4. The fraction of sp³-hybridized carbons (Fsp3) is 0.286. The van der Waals surface area contributed by atoms with Gasteiger partial charge in [0.15, 0.2) is 0 Å². The molecule has 0 spiro atoms. The van der Waals surface area contributed by atoms with Crippen molar-refractivity contribution >= 4 is 26.8 Å². The van der Waals surface area contributed by atoms with E-state index in [1.165, 1.54) is 15.9 Å². The zero-order chi connectivity index (χ0) is 22.3. The minimum Gasteiger partial charge on any atom is -0.401 e. The largest absolute Gasteiger partial charge is 0.401 e. The van der Waals surface area contributed by atoms with E-state index in [2.05, 4.69) is 136 Å². The van der Waals surface area contributed by atoms with E-state index in [0.29, 0.717) is 0 Å². The van der Waals surface area contributed by atoms with E-state index in [-0.39, 0.29) is 12.0 Å². The SMILES string of the molecule is C[C@H](C#C[Si](C)(C)C)C[C@H](O[Si](C)(c1ccccc1)c1ccccc1)c1ccccc1. The van der Waals surface area contributed by atoms with Crippen molar-refractivity contribution < 1.29 is 4.43 Å². The van der Waals surface area contributed by atoms with E-state index >= 15 is 0 Å². The molecule has 0 heterocycles. The van der Waals surface area contributed by atoms with Gasteiger partial charge in [0.05, 0.1) is 6.10 Å². The van der Waals surface area contributed by atoms with E-state index in [9.17, 15) is 0 Å². The van der Waals surface area contributed by atoms with Crippen LogP contribution in [0, 0.1) is 17.4 Å². The topological polar surface area (TPSA) is 9.23 Å². The third kappa shape index (κ3) is 6.54. The summed E-state index contributed by atoms with van der Waals surface area (Å²) in [5.41, 5.74) is 4.78. The van der Waals surface area contributed by atoms with Crippen molar-refractivity contribution in [3.63, 3.8) is 0 Å². The van der Waals surface area contributed by atoms with Gasteiger partial charge in [0.2, 0.25) is 0 Å². The zero-order valence-electron chi connectivity index (χ0n) is 19.4. The number of rotatable bonds is 7. The molecule has 31 heavy (non-hydrogen) atoms. The molecular weight excluding hydrogens is 408 g/mol. The lowest BCUT2D eigenvalue weighted by Crippen LogP contribution is -2.58. The van der Waals surface area contributed by atoms with Gasteiger partial charge in [0.1, 0.15) is 8.07 Å². The summed E-state index contributed by atoms with van der Waals surface area (Å²) < 4.78 is 7.18. The quantitative estimate of drug-likeness (QED) is 0.320. The second kappa shape index (κ2) is 10.3. The van der Waals surface area contributed by atoms with E-state index in [0.717, 1.165) is 6.42 Å². The molecule has 0 unspecified atom stereocenters. The van der Waals surface area contributed by atoms with Crippen molar-refractivity contribution in [3.8, 4) is 11.5 Å². The van der Waals surface area contributed by atoms with Crippen LogP contribution in [-0.4, -0.2) is 16.4 Å². The van der Waals surface area contributed by atoms with Gasteiger partial charge in [-0.05, 0) is 28.9 Å². The highest BCUT2D eigenvalue weighted by Crippen LogP contribution is 2.29. The summed E-state index contributed by atoms with van der Waals surface area (Å²) in [6, 6.07) is 32.1. The fourth-order valence-electron chi connectivity index (χ4n) is 3.74. The van der Waals surface area contributed by atoms with Gasteiger partial charge in [-0.25, -0.2) is 0 Å². The van der Waals surface area contributed by atoms with Crippen molar-refractivity contribution in [2.45, 2.75) is 45.6 Å². The summed E-state index contributed by atoms with van der Waals surface area (Å²) in [5, 5.41) is 2.59. The van der Waals surface area contributed by atoms with Crippen LogP contribution in [0.1, 0.15) is 25.0 Å². The fourth-order valence-corrected chi connectivity index (χ4v) is 7.48. The van der Waals surface area contributed by atoms with Gasteiger partial charge in [0, 0.05) is 5.92 Å². The average Bonchev–Trinajstić information content (AvgIpc) is 2.78. The second-order valence-corrected chi connectivity index (χ2v) is 17.6. The Morgan fingerprint density at radius 1 is 0.710 bits per heavy atom. The minimum absolute atomic E-state index is 0.00390. The van der Waals surface area contributed by atoms with Crippen LogP contribution < -0.4 is 10.4 Å². The summed E-state index contributed by atoms with van der Waals surface area (Å²) in [5.74, 6) is 3.81. The minimum atomic E-state index is -2.41. The van der Waals surface area contributed by atoms with Gasteiger partial charge < -0.3 is 4.43 Å². The Bertz CT molecular complexity index is 959. The van der Waals surface area contributed by atoms with E-state index in [1.54, 1.807) is 0 Å². The lowest BCUT2D eigenvalue weighted by Gasteiger charge is -2.34. The standard InChI is InChI=1S/C28H34OSi2/c1-24(21-22-30(2,3)4)23-28(25-15-9-6-10-16-25)29-31(5,26-17-11-7-12-18-26)27-19-13-8-14-20-27/h6-20,24,28H,23H2,1-5H3/t24-,28+/m1/s1. The predicted molar refractivity (Wildman–Crippen MR) is 139 cm³/mol. The summed E-state index contributed by atoms with van der Waals surface area (Å²) in [4.78, 5) is 0. The van der Waals surface area contributed by atoms with Crippen LogP contribution in [0.15, 0.2) is 91.0 Å². The lowest BCUT2D eigenvalue weighted by atomic mass is 9.99. The predicted octanol–water partition coefficient (Wildman–Crippen LogP) is 6.04. The van der Waals surface area contributed by atoms with Crippen molar-refractivity contribution in [3.05, 3.63) is 96.6 Å². The summed E-state index contributed by atoms with van der Waals surface area (Å²) >= 11 is 0. The molecule has 0 fully saturated rings. The first-order chi connectivity index (χ1) is 14.8. The molecule has 2 atom stereocenters. The van der Waals surface area contributed by atoms with Crippen molar-refractivity contribution in [1.82, 2.24) is 0 Å². The van der Waals surface area contributed by atoms with Crippen LogP contribution in [0.5, 0.6) is 0 Å². The lowest BCUT2D eigenvalue weighted by molar-refractivity contribution is 0.181. The molecule has 0 amide bonds. The van der Waals surface area contributed by atoms with Gasteiger partial charge in [-0.2, -0.15) is 0 Å². The van der Waals surface area contributed by atoms with Crippen LogP contribution >= 0.6 is 0 Å². The maximum atomic E-state index is 7.18. The Morgan fingerprint density at radius 2 is 1.16 bits per heavy atom. The van der Waals surface area contributed by atoms with Gasteiger partial charge in [-0.3, -0.25) is 0 Å². The van der Waals surface area contributed by atoms with Crippen LogP contribution in [-0.2, 0) is 4.43 Å². The van der Waals surface area contributed by atoms with Crippen LogP contribution in [0.25, 0.3) is 0 Å². The Kier molecular flexibility index (Phi) is 7.72. The molecule has 160 valence electrons. The molecule has 3 rings (SSSR count). The normalized spacial score (nSPS) is 13.7. The monoisotopic (exact) mass is 442 g/mol. The number of benzene rings is 3. The number of hydrogen-bond acceptors (Lipinski definition) is 1. The molecule has 0 bridgehead atoms. The van der Waals surface area contributed by atoms with E-state index < -0.39 is 16.4 Å². The van der Waals surface area contributed by atoms with Crippen LogP contribution in [0.2, 0.25) is 26.2 Å². The Hall–Kier alpha value is -2.39. The Balaban J connectivity index is 2.00. The molecule has 0 radical (unpaired) electrons. The molecule has 0 aliphatic heterocycles. The second-order valence-electron chi connectivity index (χ2n) is 9.44. The molecule has 0 aromatic heterocycles. The molecule has 0 saturated carbocycles. The summed E-state index contributed by atoms with van der Waals surface area (Å²) in [6.45, 7) is 11.5. The van der Waals surface area contributed by atoms with Gasteiger partial charge >= 0.3 is 0 Å². The average molecular weight is 443 g/mol. The molecule has 0 N–H and O–H groups in total. The Labute approximate surface area is 190 Å². The first kappa shape index (κ1) is 23.3. The summed E-state index contributed by atoms with van der Waals surface area (Å²) in [6.07, 6.45) is 0.897. The van der Waals surface area contributed by atoms with Crippen LogP contribution in [0.3, 0.4) is 0 Å². The zero-order valence-corrected chi connectivity index (χ0v) is 21.4. The smallest absolute Gasteiger partial charge is 0.253 e. The molecule has 0 saturated heterocycles. The Morgan fingerprint density at radius 3 is 1.61 bits per heavy atom. The maximum Gasteiger partial charge on any atom is 0.253 e. The molecule has 3 aromatic carbocycles. The number of hydrogen-bond donors (Lipinski definition) is 0. The van der Waals surface area contributed by atoms with Crippen molar-refractivity contribution in [2.24, 2.45) is 5.92 Å². The molecule has 3 heteroatoms. The van der Waals surface area contributed by atoms with Crippen molar-refractivity contribution in [2.75, 3.05) is 0 Å². The third-order valence-electron chi connectivity index (χ3n) is 5.46.